The molecule has 0 fully saturated rings. The van der Waals surface area contributed by atoms with Gasteiger partial charge in [-0.2, -0.15) is 0 Å². The fourth-order valence-corrected chi connectivity index (χ4v) is 14.3. The number of ether oxygens (including phenoxy) is 4. The van der Waals surface area contributed by atoms with E-state index in [1.165, 1.54) is 225 Å². The van der Waals surface area contributed by atoms with Crippen LogP contribution in [0.5, 0.6) is 0 Å². The van der Waals surface area contributed by atoms with Crippen molar-refractivity contribution in [3.05, 3.63) is 0 Å². The van der Waals surface area contributed by atoms with Crippen LogP contribution < -0.4 is 0 Å². The lowest BCUT2D eigenvalue weighted by molar-refractivity contribution is -0.161. The predicted molar refractivity (Wildman–Crippen MR) is 418 cm³/mol. The Bertz CT molecular complexity index is 1990. The number of carbonyl (C=O) groups excluding carboxylic acids is 4. The molecule has 102 heavy (non-hydrogen) atoms. The van der Waals surface area contributed by atoms with Crippen LogP contribution in [-0.4, -0.2) is 96.7 Å². The van der Waals surface area contributed by atoms with E-state index in [-0.39, 0.29) is 25.7 Å². The summed E-state index contributed by atoms with van der Waals surface area (Å²) < 4.78 is 68.7. The predicted octanol–water partition coefficient (Wildman–Crippen LogP) is 24.8. The second-order valence-corrected chi connectivity index (χ2v) is 34.2. The van der Waals surface area contributed by atoms with E-state index in [0.717, 1.165) is 114 Å². The van der Waals surface area contributed by atoms with Crippen LogP contribution in [0.3, 0.4) is 0 Å². The summed E-state index contributed by atoms with van der Waals surface area (Å²) in [6.45, 7) is 14.3. The number of rotatable bonds is 80. The zero-order valence-corrected chi connectivity index (χ0v) is 69.0. The van der Waals surface area contributed by atoms with Gasteiger partial charge in [-0.05, 0) is 49.4 Å². The van der Waals surface area contributed by atoms with E-state index < -0.39 is 97.5 Å². The van der Waals surface area contributed by atoms with Gasteiger partial charge >= 0.3 is 39.5 Å². The summed E-state index contributed by atoms with van der Waals surface area (Å²) in [5.41, 5.74) is 0. The first-order chi connectivity index (χ1) is 49.2. The molecule has 3 N–H and O–H groups in total. The topological polar surface area (TPSA) is 237 Å². The highest BCUT2D eigenvalue weighted by molar-refractivity contribution is 7.47. The van der Waals surface area contributed by atoms with Crippen molar-refractivity contribution in [2.45, 2.75) is 446 Å². The number of hydrogen-bond acceptors (Lipinski definition) is 15. The lowest BCUT2D eigenvalue weighted by Gasteiger charge is -2.21. The Balaban J connectivity index is 5.18. The molecular formula is C83H162O17P2. The molecule has 0 aromatic carbocycles. The number of hydrogen-bond donors (Lipinski definition) is 3. The zero-order chi connectivity index (χ0) is 75.3. The molecule has 0 aliphatic heterocycles. The van der Waals surface area contributed by atoms with Crippen molar-refractivity contribution in [2.24, 2.45) is 23.7 Å². The highest BCUT2D eigenvalue weighted by Gasteiger charge is 2.30. The maximum atomic E-state index is 13.1. The second kappa shape index (κ2) is 72.0. The van der Waals surface area contributed by atoms with E-state index >= 15 is 0 Å². The molecule has 0 heterocycles. The molecule has 606 valence electrons. The number of phosphoric ester groups is 2. The molecular weight excluding hydrogens is 1330 g/mol. The Kier molecular flexibility index (Phi) is 70.6. The van der Waals surface area contributed by atoms with E-state index in [0.29, 0.717) is 31.6 Å². The minimum atomic E-state index is -4.96. The van der Waals surface area contributed by atoms with Gasteiger partial charge in [-0.25, -0.2) is 9.13 Å². The molecule has 0 rings (SSSR count). The number of aliphatic hydroxyl groups is 1. The zero-order valence-electron chi connectivity index (χ0n) is 67.2. The van der Waals surface area contributed by atoms with Gasteiger partial charge < -0.3 is 33.8 Å². The normalized spacial score (nSPS) is 14.5. The third-order valence-corrected chi connectivity index (χ3v) is 21.9. The molecule has 0 saturated heterocycles. The molecule has 0 radical (unpaired) electrons. The SMILES string of the molecule is CCC(C)CCCCCCCCCCCCCCCCCCCCC(=O)O[C@H](COC(=O)CCCCCCCCC(C)C)COP(=O)(O)OC[C@H](O)COP(=O)(O)OC[C@@H](COC(=O)CCCCCCCCCCCCC(C)C)OC(=O)CCCCCCCCCCCCCCCCC(C)CC. The summed E-state index contributed by atoms with van der Waals surface area (Å²) in [5, 5.41) is 10.6. The Hall–Kier alpha value is -1.94. The molecule has 0 spiro atoms. The highest BCUT2D eigenvalue weighted by Crippen LogP contribution is 2.45. The van der Waals surface area contributed by atoms with Crippen LogP contribution in [0.2, 0.25) is 0 Å². The smallest absolute Gasteiger partial charge is 0.462 e. The average molecular weight is 1490 g/mol. The molecule has 0 aliphatic carbocycles. The molecule has 7 atom stereocenters. The first-order valence-corrected chi connectivity index (χ1v) is 45.8. The van der Waals surface area contributed by atoms with Gasteiger partial charge in [-0.3, -0.25) is 37.3 Å². The van der Waals surface area contributed by atoms with Crippen LogP contribution in [0.4, 0.5) is 0 Å². The molecule has 0 aliphatic rings. The minimum Gasteiger partial charge on any atom is -0.462 e. The average Bonchev–Trinajstić information content (AvgIpc) is 0.909. The standard InChI is InChI=1S/C83H162O17P2/c1-9-75(7)61-53-45-36-30-23-19-15-13-11-12-14-16-21-25-33-39-49-57-66-83(88)100-79(70-94-81(86)64-56-48-42-41-44-52-60-74(5)6)72-98-102(91,92)96-68-77(84)67-95-101(89,90)97-71-78(69-93-80(85)63-55-47-38-32-28-27-29-35-43-51-59-73(3)4)99-82(87)65-58-50-40-34-26-22-18-17-20-24-31-37-46-54-62-76(8)10-2/h73-79,84H,9-72H2,1-8H3,(H,89,90)(H,91,92)/t75?,76?,77-,78-,79-/m1/s1. The van der Waals surface area contributed by atoms with Gasteiger partial charge in [0.25, 0.3) is 0 Å². The van der Waals surface area contributed by atoms with Crippen LogP contribution in [0.25, 0.3) is 0 Å². The number of unbranched alkanes of at least 4 members (excludes halogenated alkanes) is 44. The van der Waals surface area contributed by atoms with E-state index in [1.807, 2.05) is 0 Å². The summed E-state index contributed by atoms with van der Waals surface area (Å²) in [7, 11) is -9.92. The van der Waals surface area contributed by atoms with Gasteiger partial charge in [0.15, 0.2) is 12.2 Å². The molecule has 0 bridgehead atoms. The lowest BCUT2D eigenvalue weighted by Crippen LogP contribution is -2.30. The molecule has 0 aromatic rings. The molecule has 4 unspecified atom stereocenters. The van der Waals surface area contributed by atoms with Gasteiger partial charge in [0.1, 0.15) is 19.3 Å². The fourth-order valence-electron chi connectivity index (χ4n) is 12.7. The summed E-state index contributed by atoms with van der Waals surface area (Å²) in [4.78, 5) is 73.0. The minimum absolute atomic E-state index is 0.107. The maximum absolute atomic E-state index is 13.1. The summed E-state index contributed by atoms with van der Waals surface area (Å²) >= 11 is 0. The first kappa shape index (κ1) is 100. The van der Waals surface area contributed by atoms with Crippen molar-refractivity contribution < 1.29 is 80.2 Å². The van der Waals surface area contributed by atoms with Crippen molar-refractivity contribution in [3.8, 4) is 0 Å². The highest BCUT2D eigenvalue weighted by atomic mass is 31.2. The molecule has 0 amide bonds. The Morgan fingerprint density at radius 2 is 0.471 bits per heavy atom. The van der Waals surface area contributed by atoms with E-state index in [4.69, 9.17) is 37.0 Å². The largest absolute Gasteiger partial charge is 0.472 e. The third kappa shape index (κ3) is 73.6. The van der Waals surface area contributed by atoms with Gasteiger partial charge in [0, 0.05) is 25.7 Å². The van der Waals surface area contributed by atoms with Gasteiger partial charge in [-0.15, -0.1) is 0 Å². The molecule has 19 heteroatoms. The monoisotopic (exact) mass is 1490 g/mol. The number of esters is 4. The van der Waals surface area contributed by atoms with Crippen molar-refractivity contribution in [1.29, 1.82) is 0 Å². The summed E-state index contributed by atoms with van der Waals surface area (Å²) in [5.74, 6) is 1.04. The van der Waals surface area contributed by atoms with Crippen LogP contribution in [0, 0.1) is 23.7 Å². The summed E-state index contributed by atoms with van der Waals surface area (Å²) in [6.07, 6.45) is 59.8. The number of carbonyl (C=O) groups is 4. The van der Waals surface area contributed by atoms with Crippen LogP contribution in [-0.2, 0) is 65.4 Å². The third-order valence-electron chi connectivity index (χ3n) is 20.0. The Morgan fingerprint density at radius 1 is 0.275 bits per heavy atom. The van der Waals surface area contributed by atoms with Gasteiger partial charge in [0.05, 0.1) is 26.4 Å². The maximum Gasteiger partial charge on any atom is 0.472 e. The van der Waals surface area contributed by atoms with Crippen LogP contribution in [0.1, 0.15) is 428 Å². The summed E-state index contributed by atoms with van der Waals surface area (Å²) in [6, 6.07) is 0. The van der Waals surface area contributed by atoms with E-state index in [1.54, 1.807) is 0 Å². The fraction of sp³-hybridized carbons (Fsp3) is 0.952. The number of phosphoric acid groups is 2. The van der Waals surface area contributed by atoms with Crippen molar-refractivity contribution in [3.63, 3.8) is 0 Å². The van der Waals surface area contributed by atoms with Gasteiger partial charge in [0.2, 0.25) is 0 Å². The molecule has 17 nitrogen and oxygen atoms in total. The lowest BCUT2D eigenvalue weighted by atomic mass is 9.99. The number of aliphatic hydroxyl groups excluding tert-OH is 1. The van der Waals surface area contributed by atoms with Gasteiger partial charge in [-0.1, -0.05) is 376 Å². The first-order valence-electron chi connectivity index (χ1n) is 42.8. The van der Waals surface area contributed by atoms with Crippen LogP contribution in [0.15, 0.2) is 0 Å². The quantitative estimate of drug-likeness (QED) is 0.0222. The van der Waals surface area contributed by atoms with Crippen LogP contribution >= 0.6 is 15.6 Å². The van der Waals surface area contributed by atoms with Crippen molar-refractivity contribution in [1.82, 2.24) is 0 Å². The van der Waals surface area contributed by atoms with E-state index in [9.17, 15) is 43.2 Å². The van der Waals surface area contributed by atoms with E-state index in [2.05, 4.69) is 55.4 Å². The Labute approximate surface area is 626 Å². The van der Waals surface area contributed by atoms with Crippen molar-refractivity contribution >= 4 is 39.5 Å². The molecule has 0 aromatic heterocycles. The second-order valence-electron chi connectivity index (χ2n) is 31.3. The van der Waals surface area contributed by atoms with Crippen molar-refractivity contribution in [2.75, 3.05) is 39.6 Å². The Morgan fingerprint density at radius 3 is 0.696 bits per heavy atom. The molecule has 0 saturated carbocycles.